The lowest BCUT2D eigenvalue weighted by atomic mass is 9.95. The van der Waals surface area contributed by atoms with Crippen LogP contribution in [0.2, 0.25) is 0 Å². The first-order valence-corrected chi connectivity index (χ1v) is 9.19. The number of carbonyl (C=O) groups excluding carboxylic acids is 2. The van der Waals surface area contributed by atoms with Crippen molar-refractivity contribution in [3.63, 3.8) is 0 Å². The van der Waals surface area contributed by atoms with Crippen molar-refractivity contribution in [2.45, 2.75) is 60.3 Å². The molecule has 0 atom stereocenters. The molecule has 0 saturated carbocycles. The minimum atomic E-state index is -0.325. The van der Waals surface area contributed by atoms with Crippen molar-refractivity contribution in [2.75, 3.05) is 0 Å². The number of nitrogens with one attached hydrogen (secondary N) is 2. The Hall–Kier alpha value is -2.02. The summed E-state index contributed by atoms with van der Waals surface area (Å²) in [7, 11) is 0. The van der Waals surface area contributed by atoms with Crippen LogP contribution in [-0.4, -0.2) is 21.8 Å². The van der Waals surface area contributed by atoms with Crippen LogP contribution in [0, 0.1) is 19.8 Å². The molecule has 2 rings (SSSR count). The molecule has 0 spiro atoms. The topological polar surface area (TPSA) is 84.0 Å². The summed E-state index contributed by atoms with van der Waals surface area (Å²) in [5.74, 6) is 0.468. The molecule has 2 aromatic rings. The minimum Gasteiger partial charge on any atom is -0.273 e. The zero-order valence-corrected chi connectivity index (χ0v) is 16.7. The van der Waals surface area contributed by atoms with E-state index in [-0.39, 0.29) is 23.1 Å². The Bertz CT molecular complexity index is 819. The second-order valence-electron chi connectivity index (χ2n) is 7.72. The van der Waals surface area contributed by atoms with Crippen LogP contribution < -0.4 is 10.9 Å². The monoisotopic (exact) mass is 362 g/mol. The largest absolute Gasteiger partial charge is 0.280 e. The maximum absolute atomic E-state index is 12.5. The van der Waals surface area contributed by atoms with Gasteiger partial charge in [-0.1, -0.05) is 34.6 Å². The van der Waals surface area contributed by atoms with Crippen LogP contribution in [0.5, 0.6) is 0 Å². The Morgan fingerprint density at radius 2 is 1.76 bits per heavy atom. The van der Waals surface area contributed by atoms with Gasteiger partial charge in [-0.15, -0.1) is 11.3 Å². The number of hydrogen-bond donors (Lipinski definition) is 2. The molecule has 2 amide bonds. The number of carbonyl (C=O) groups is 2. The van der Waals surface area contributed by atoms with Crippen molar-refractivity contribution in [3.05, 3.63) is 22.0 Å². The van der Waals surface area contributed by atoms with E-state index < -0.39 is 0 Å². The van der Waals surface area contributed by atoms with E-state index >= 15 is 0 Å². The Morgan fingerprint density at radius 1 is 1.12 bits per heavy atom. The van der Waals surface area contributed by atoms with Gasteiger partial charge in [0, 0.05) is 17.2 Å². The van der Waals surface area contributed by atoms with Gasteiger partial charge in [0.05, 0.1) is 10.6 Å². The number of aryl methyl sites for hydroxylation is 2. The zero-order chi connectivity index (χ0) is 18.9. The van der Waals surface area contributed by atoms with Crippen molar-refractivity contribution < 1.29 is 9.59 Å². The highest BCUT2D eigenvalue weighted by Gasteiger charge is 2.23. The molecule has 0 aliphatic carbocycles. The molecule has 0 aliphatic heterocycles. The molecule has 2 N–H and O–H groups in total. The molecule has 2 aromatic heterocycles. The number of amides is 2. The van der Waals surface area contributed by atoms with Crippen LogP contribution in [0.3, 0.4) is 0 Å². The van der Waals surface area contributed by atoms with Crippen LogP contribution >= 0.6 is 11.3 Å². The van der Waals surface area contributed by atoms with E-state index in [0.29, 0.717) is 11.3 Å². The van der Waals surface area contributed by atoms with Crippen molar-refractivity contribution in [2.24, 2.45) is 5.92 Å². The van der Waals surface area contributed by atoms with Gasteiger partial charge in [0.1, 0.15) is 10.7 Å². The highest BCUT2D eigenvalue weighted by molar-refractivity contribution is 7.20. The fourth-order valence-electron chi connectivity index (χ4n) is 2.50. The molecule has 0 radical (unpaired) electrons. The third kappa shape index (κ3) is 4.34. The molecular formula is C18H26N4O2S. The minimum absolute atomic E-state index is 0.163. The molecule has 0 aliphatic rings. The second kappa shape index (κ2) is 7.07. The Kier molecular flexibility index (Phi) is 5.46. The van der Waals surface area contributed by atoms with Crippen LogP contribution in [0.4, 0.5) is 0 Å². The number of aromatic nitrogens is 2. The molecule has 0 aromatic carbocycles. The highest BCUT2D eigenvalue weighted by atomic mass is 32.1. The average molecular weight is 362 g/mol. The van der Waals surface area contributed by atoms with Gasteiger partial charge in [-0.3, -0.25) is 20.4 Å². The second-order valence-corrected chi connectivity index (χ2v) is 8.72. The van der Waals surface area contributed by atoms with E-state index in [0.717, 1.165) is 27.3 Å². The van der Waals surface area contributed by atoms with Gasteiger partial charge in [0.15, 0.2) is 0 Å². The molecule has 0 unspecified atom stereocenters. The Morgan fingerprint density at radius 3 is 2.32 bits per heavy atom. The predicted molar refractivity (Wildman–Crippen MR) is 101 cm³/mol. The standard InChI is InChI=1S/C18H26N4O2S/c1-9(2)8-12(23)21-22-15(24)14-10(3)13-11(4)19-17(18(5,6)7)20-16(13)25-14/h9H,8H2,1-7H3,(H,21,23)(H,22,24). The van der Waals surface area contributed by atoms with Crippen LogP contribution in [0.1, 0.15) is 67.8 Å². The Labute approximate surface area is 152 Å². The quantitative estimate of drug-likeness (QED) is 0.820. The molecule has 7 heteroatoms. The van der Waals surface area contributed by atoms with Gasteiger partial charge in [-0.05, 0) is 25.3 Å². The van der Waals surface area contributed by atoms with E-state index in [9.17, 15) is 9.59 Å². The summed E-state index contributed by atoms with van der Waals surface area (Å²) in [6, 6.07) is 0. The van der Waals surface area contributed by atoms with Gasteiger partial charge in [-0.25, -0.2) is 9.97 Å². The van der Waals surface area contributed by atoms with E-state index in [4.69, 9.17) is 0 Å². The lowest BCUT2D eigenvalue weighted by Gasteiger charge is -2.16. The highest BCUT2D eigenvalue weighted by Crippen LogP contribution is 2.33. The fraction of sp³-hybridized carbons (Fsp3) is 0.556. The van der Waals surface area contributed by atoms with Crippen LogP contribution in [-0.2, 0) is 10.2 Å². The number of rotatable bonds is 3. The van der Waals surface area contributed by atoms with Crippen molar-refractivity contribution in [3.8, 4) is 0 Å². The smallest absolute Gasteiger partial charge is 0.273 e. The third-order valence-corrected chi connectivity index (χ3v) is 4.94. The average Bonchev–Trinajstić information content (AvgIpc) is 2.81. The predicted octanol–water partition coefficient (Wildman–Crippen LogP) is 3.41. The first-order chi connectivity index (χ1) is 11.5. The SMILES string of the molecule is Cc1nc(C(C)(C)C)nc2sc(C(=O)NNC(=O)CC(C)C)c(C)c12. The zero-order valence-electron chi connectivity index (χ0n) is 15.9. The third-order valence-electron chi connectivity index (χ3n) is 3.76. The van der Waals surface area contributed by atoms with E-state index in [1.807, 2.05) is 27.7 Å². The van der Waals surface area contributed by atoms with Crippen LogP contribution in [0.15, 0.2) is 0 Å². The molecule has 6 nitrogen and oxygen atoms in total. The summed E-state index contributed by atoms with van der Waals surface area (Å²) in [5.41, 5.74) is 6.51. The van der Waals surface area contributed by atoms with Gasteiger partial charge in [0.2, 0.25) is 5.91 Å². The fourth-order valence-corrected chi connectivity index (χ4v) is 3.62. The van der Waals surface area contributed by atoms with Gasteiger partial charge in [-0.2, -0.15) is 0 Å². The maximum atomic E-state index is 12.5. The van der Waals surface area contributed by atoms with E-state index in [1.165, 1.54) is 11.3 Å². The van der Waals surface area contributed by atoms with Crippen molar-refractivity contribution >= 4 is 33.4 Å². The van der Waals surface area contributed by atoms with Gasteiger partial charge in [0.25, 0.3) is 5.91 Å². The number of fused-ring (bicyclic) bond motifs is 1. The number of thiophene rings is 1. The normalized spacial score (nSPS) is 11.8. The molecule has 2 heterocycles. The summed E-state index contributed by atoms with van der Waals surface area (Å²) in [4.78, 5) is 34.8. The lowest BCUT2D eigenvalue weighted by molar-refractivity contribution is -0.122. The molecular weight excluding hydrogens is 336 g/mol. The summed E-state index contributed by atoms with van der Waals surface area (Å²) < 4.78 is 0. The Balaban J connectivity index is 2.30. The van der Waals surface area contributed by atoms with Crippen molar-refractivity contribution in [1.29, 1.82) is 0 Å². The molecule has 0 bridgehead atoms. The molecule has 0 fully saturated rings. The summed E-state index contributed by atoms with van der Waals surface area (Å²) in [6.45, 7) is 13.9. The van der Waals surface area contributed by atoms with E-state index in [1.54, 1.807) is 0 Å². The first-order valence-electron chi connectivity index (χ1n) is 8.38. The van der Waals surface area contributed by atoms with Gasteiger partial charge < -0.3 is 0 Å². The number of hydrazine groups is 1. The summed E-state index contributed by atoms with van der Waals surface area (Å²) in [6.07, 6.45) is 0.366. The van der Waals surface area contributed by atoms with E-state index in [2.05, 4.69) is 41.6 Å². The molecule has 0 saturated heterocycles. The maximum Gasteiger partial charge on any atom is 0.280 e. The van der Waals surface area contributed by atoms with Gasteiger partial charge >= 0.3 is 0 Å². The summed E-state index contributed by atoms with van der Waals surface area (Å²) in [5, 5.41) is 0.914. The van der Waals surface area contributed by atoms with Crippen molar-refractivity contribution in [1.82, 2.24) is 20.8 Å². The summed E-state index contributed by atoms with van der Waals surface area (Å²) >= 11 is 1.33. The molecule has 25 heavy (non-hydrogen) atoms. The first kappa shape index (κ1) is 19.3. The number of nitrogens with zero attached hydrogens (tertiary/aromatic N) is 2. The molecule has 136 valence electrons. The van der Waals surface area contributed by atoms with Crippen LogP contribution in [0.25, 0.3) is 10.2 Å². The lowest BCUT2D eigenvalue weighted by Crippen LogP contribution is -2.41. The number of hydrogen-bond acceptors (Lipinski definition) is 5.